The van der Waals surface area contributed by atoms with Crippen molar-refractivity contribution in [3.05, 3.63) is 126 Å². The number of nitrogens with zero attached hydrogens (tertiary/aromatic N) is 1. The van der Waals surface area contributed by atoms with Crippen LogP contribution in [0.25, 0.3) is 49.7 Å². The van der Waals surface area contributed by atoms with Crippen molar-refractivity contribution in [2.75, 3.05) is 0 Å². The Balaban J connectivity index is 1.49. The molecule has 6 aromatic rings. The van der Waals surface area contributed by atoms with Crippen molar-refractivity contribution in [3.63, 3.8) is 0 Å². The maximum absolute atomic E-state index is 2.42. The second-order valence-corrected chi connectivity index (χ2v) is 8.63. The van der Waals surface area contributed by atoms with Crippen LogP contribution in [0, 0.1) is 0 Å². The smallest absolute Gasteiger partial charge is 0.0541 e. The number of fused-ring (bicyclic) bond motifs is 6. The van der Waals surface area contributed by atoms with Crippen LogP contribution in [-0.2, 0) is 6.42 Å². The predicted octanol–water partition coefficient (Wildman–Crippen LogP) is 8.02. The minimum Gasteiger partial charge on any atom is -0.309 e. The highest BCUT2D eigenvalue weighted by atomic mass is 15.0. The van der Waals surface area contributed by atoms with Crippen LogP contribution in [0.3, 0.4) is 0 Å². The van der Waals surface area contributed by atoms with Gasteiger partial charge in [0.15, 0.2) is 0 Å². The number of aromatic nitrogens is 1. The second-order valence-electron chi connectivity index (χ2n) is 8.63. The van der Waals surface area contributed by atoms with Gasteiger partial charge in [0.1, 0.15) is 0 Å². The molecule has 7 rings (SSSR count). The molecule has 0 saturated heterocycles. The van der Waals surface area contributed by atoms with Crippen LogP contribution in [0.4, 0.5) is 0 Å². The van der Waals surface area contributed by atoms with E-state index < -0.39 is 0 Å². The van der Waals surface area contributed by atoms with Crippen LogP contribution in [0.2, 0.25) is 0 Å². The van der Waals surface area contributed by atoms with E-state index >= 15 is 0 Å². The summed E-state index contributed by atoms with van der Waals surface area (Å²) in [5.41, 5.74) is 11.8. The molecule has 0 N–H and O–H groups in total. The molecule has 1 aliphatic rings. The van der Waals surface area contributed by atoms with E-state index in [0.29, 0.717) is 0 Å². The van der Waals surface area contributed by atoms with E-state index in [-0.39, 0.29) is 0 Å². The molecular weight excluding hydrogens is 386 g/mol. The number of hydrogen-bond acceptors (Lipinski definition) is 0. The van der Waals surface area contributed by atoms with Gasteiger partial charge in [-0.15, -0.1) is 0 Å². The molecule has 1 aliphatic carbocycles. The topological polar surface area (TPSA) is 4.93 Å². The number of hydrogen-bond donors (Lipinski definition) is 0. The standard InChI is InChI=1S/C31H21N/c1-2-8-21(9-3-1)22-15-17-31-29(19-22)27-12-6-7-13-30(27)32(31)25-16-14-24-18-23-10-4-5-11-26(23)28(24)20-25/h1-17,19-20H,18H2. The third kappa shape index (κ3) is 2.52. The average Bonchev–Trinajstić information content (AvgIpc) is 3.39. The van der Waals surface area contributed by atoms with E-state index in [2.05, 4.69) is 120 Å². The predicted molar refractivity (Wildman–Crippen MR) is 134 cm³/mol. The Hall–Kier alpha value is -4.10. The summed E-state index contributed by atoms with van der Waals surface area (Å²) in [7, 11) is 0. The summed E-state index contributed by atoms with van der Waals surface area (Å²) < 4.78 is 2.42. The molecular formula is C31H21N. The van der Waals surface area contributed by atoms with E-state index in [1.165, 1.54) is 60.9 Å². The van der Waals surface area contributed by atoms with E-state index in [9.17, 15) is 0 Å². The number of rotatable bonds is 2. The molecule has 0 saturated carbocycles. The molecule has 150 valence electrons. The fourth-order valence-corrected chi connectivity index (χ4v) is 5.31. The summed E-state index contributed by atoms with van der Waals surface area (Å²) in [4.78, 5) is 0. The van der Waals surface area contributed by atoms with Crippen molar-refractivity contribution in [1.82, 2.24) is 4.57 Å². The lowest BCUT2D eigenvalue weighted by Gasteiger charge is -2.11. The lowest BCUT2D eigenvalue weighted by molar-refractivity contribution is 1.17. The fraction of sp³-hybridized carbons (Fsp3) is 0.0323. The molecule has 1 nitrogen and oxygen atoms in total. The third-order valence-electron chi connectivity index (χ3n) is 6.82. The molecule has 0 radical (unpaired) electrons. The van der Waals surface area contributed by atoms with Crippen LogP contribution in [-0.4, -0.2) is 4.57 Å². The molecule has 0 fully saturated rings. The highest BCUT2D eigenvalue weighted by molar-refractivity contribution is 6.10. The van der Waals surface area contributed by atoms with Crippen molar-refractivity contribution in [3.8, 4) is 27.9 Å². The highest BCUT2D eigenvalue weighted by Gasteiger charge is 2.20. The Morgan fingerprint density at radius 3 is 2.16 bits per heavy atom. The Morgan fingerprint density at radius 2 is 1.22 bits per heavy atom. The minimum atomic E-state index is 1.03. The van der Waals surface area contributed by atoms with Gasteiger partial charge in [0.05, 0.1) is 11.0 Å². The molecule has 0 atom stereocenters. The quantitative estimate of drug-likeness (QED) is 0.273. The van der Waals surface area contributed by atoms with E-state index in [1.54, 1.807) is 0 Å². The molecule has 0 spiro atoms. The molecule has 1 heteroatoms. The first-order valence-electron chi connectivity index (χ1n) is 11.2. The number of benzene rings is 5. The first kappa shape index (κ1) is 17.6. The van der Waals surface area contributed by atoms with Gasteiger partial charge < -0.3 is 4.57 Å². The maximum Gasteiger partial charge on any atom is 0.0541 e. The van der Waals surface area contributed by atoms with Gasteiger partial charge in [-0.25, -0.2) is 0 Å². The van der Waals surface area contributed by atoms with Gasteiger partial charge in [-0.2, -0.15) is 0 Å². The van der Waals surface area contributed by atoms with Crippen molar-refractivity contribution in [2.45, 2.75) is 6.42 Å². The van der Waals surface area contributed by atoms with E-state index in [4.69, 9.17) is 0 Å². The van der Waals surface area contributed by atoms with Crippen LogP contribution in [0.15, 0.2) is 115 Å². The first-order chi connectivity index (χ1) is 15.9. The van der Waals surface area contributed by atoms with Gasteiger partial charge in [0.2, 0.25) is 0 Å². The fourth-order valence-electron chi connectivity index (χ4n) is 5.31. The molecule has 0 bridgehead atoms. The molecule has 0 amide bonds. The zero-order chi connectivity index (χ0) is 21.1. The monoisotopic (exact) mass is 407 g/mol. The largest absolute Gasteiger partial charge is 0.309 e. The Morgan fingerprint density at radius 1 is 0.469 bits per heavy atom. The summed E-state index contributed by atoms with van der Waals surface area (Å²) in [5, 5.41) is 2.59. The van der Waals surface area contributed by atoms with Crippen molar-refractivity contribution in [2.24, 2.45) is 0 Å². The molecule has 1 aromatic heterocycles. The lowest BCUT2D eigenvalue weighted by atomic mass is 10.0. The Kier molecular flexibility index (Phi) is 3.68. The molecule has 5 aromatic carbocycles. The number of para-hydroxylation sites is 1. The van der Waals surface area contributed by atoms with Gasteiger partial charge >= 0.3 is 0 Å². The summed E-state index contributed by atoms with van der Waals surface area (Å²) in [6.07, 6.45) is 1.03. The lowest BCUT2D eigenvalue weighted by Crippen LogP contribution is -1.95. The third-order valence-corrected chi connectivity index (χ3v) is 6.82. The molecule has 1 heterocycles. The van der Waals surface area contributed by atoms with Crippen LogP contribution >= 0.6 is 0 Å². The van der Waals surface area contributed by atoms with Gasteiger partial charge in [0.25, 0.3) is 0 Å². The van der Waals surface area contributed by atoms with Crippen molar-refractivity contribution in [1.29, 1.82) is 0 Å². The van der Waals surface area contributed by atoms with Gasteiger partial charge in [-0.05, 0) is 70.1 Å². The van der Waals surface area contributed by atoms with Gasteiger partial charge in [0, 0.05) is 16.5 Å². The van der Waals surface area contributed by atoms with Crippen LogP contribution < -0.4 is 0 Å². The normalized spacial score (nSPS) is 12.2. The van der Waals surface area contributed by atoms with Crippen molar-refractivity contribution < 1.29 is 0 Å². The Bertz CT molecular complexity index is 1640. The second kappa shape index (κ2) is 6.70. The SMILES string of the molecule is c1ccc(-c2ccc3c(c2)c2ccccc2n3-c2ccc3c(c2)-c2ccccc2C3)cc1. The molecule has 32 heavy (non-hydrogen) atoms. The van der Waals surface area contributed by atoms with E-state index in [0.717, 1.165) is 6.42 Å². The average molecular weight is 408 g/mol. The first-order valence-corrected chi connectivity index (χ1v) is 11.2. The summed E-state index contributed by atoms with van der Waals surface area (Å²) in [6, 6.07) is 42.0. The molecule has 0 unspecified atom stereocenters. The zero-order valence-electron chi connectivity index (χ0n) is 17.6. The zero-order valence-corrected chi connectivity index (χ0v) is 17.6. The summed E-state index contributed by atoms with van der Waals surface area (Å²) in [6.45, 7) is 0. The van der Waals surface area contributed by atoms with Crippen LogP contribution in [0.1, 0.15) is 11.1 Å². The van der Waals surface area contributed by atoms with Crippen LogP contribution in [0.5, 0.6) is 0 Å². The minimum absolute atomic E-state index is 1.03. The van der Waals surface area contributed by atoms with Crippen molar-refractivity contribution >= 4 is 21.8 Å². The Labute approximate surface area is 187 Å². The molecule has 0 aliphatic heterocycles. The highest BCUT2D eigenvalue weighted by Crippen LogP contribution is 2.40. The summed E-state index contributed by atoms with van der Waals surface area (Å²) >= 11 is 0. The van der Waals surface area contributed by atoms with Gasteiger partial charge in [-0.1, -0.05) is 84.9 Å². The van der Waals surface area contributed by atoms with E-state index in [1.807, 2.05) is 0 Å². The van der Waals surface area contributed by atoms with Gasteiger partial charge in [-0.3, -0.25) is 0 Å². The summed E-state index contributed by atoms with van der Waals surface area (Å²) in [5.74, 6) is 0. The maximum atomic E-state index is 2.42.